The second-order valence-electron chi connectivity index (χ2n) is 3.15. The second-order valence-corrected chi connectivity index (χ2v) is 3.15. The molecule has 2 N–H and O–H groups in total. The van der Waals surface area contributed by atoms with Gasteiger partial charge in [-0.1, -0.05) is 19.3 Å². The largest absolute Gasteiger partial charge is 0.481 e. The molecule has 0 saturated heterocycles. The normalized spacial score (nSPS) is 32.8. The van der Waals surface area contributed by atoms with E-state index in [-0.39, 0.29) is 0 Å². The quantitative estimate of drug-likeness (QED) is 0.560. The van der Waals surface area contributed by atoms with Crippen LogP contribution in [0.4, 0.5) is 0 Å². The Labute approximate surface area is 66.0 Å². The zero-order chi connectivity index (χ0) is 8.27. The smallest absolute Gasteiger partial charge is 0.309 e. The molecule has 0 heterocycles. The number of aliphatic hydroxyl groups is 1. The van der Waals surface area contributed by atoms with Gasteiger partial charge in [0.15, 0.2) is 0 Å². The van der Waals surface area contributed by atoms with Gasteiger partial charge >= 0.3 is 5.97 Å². The maximum absolute atomic E-state index is 10.6. The van der Waals surface area contributed by atoms with Crippen LogP contribution in [0.25, 0.3) is 0 Å². The first-order valence-electron chi connectivity index (χ1n) is 4.12. The minimum atomic E-state index is -0.848. The van der Waals surface area contributed by atoms with Gasteiger partial charge in [0, 0.05) is 0 Å². The van der Waals surface area contributed by atoms with Crippen LogP contribution in [0.1, 0.15) is 32.1 Å². The number of hydrogen-bond acceptors (Lipinski definition) is 2. The van der Waals surface area contributed by atoms with Crippen molar-refractivity contribution in [2.75, 3.05) is 0 Å². The Balaban J connectivity index is 2.52. The monoisotopic (exact) mass is 158 g/mol. The lowest BCUT2D eigenvalue weighted by atomic mass is 9.98. The summed E-state index contributed by atoms with van der Waals surface area (Å²) in [5.74, 6) is -1.36. The molecule has 1 aliphatic carbocycles. The van der Waals surface area contributed by atoms with Crippen LogP contribution in [0, 0.1) is 5.92 Å². The molecule has 11 heavy (non-hydrogen) atoms. The summed E-state index contributed by atoms with van der Waals surface area (Å²) < 4.78 is 0. The minimum absolute atomic E-state index is 0.516. The van der Waals surface area contributed by atoms with E-state index in [1.165, 1.54) is 0 Å². The van der Waals surface area contributed by atoms with Crippen molar-refractivity contribution in [3.05, 3.63) is 0 Å². The summed E-state index contributed by atoms with van der Waals surface area (Å²) >= 11 is 0. The van der Waals surface area contributed by atoms with Gasteiger partial charge in [0.25, 0.3) is 0 Å². The predicted molar refractivity (Wildman–Crippen MR) is 40.2 cm³/mol. The zero-order valence-electron chi connectivity index (χ0n) is 6.49. The van der Waals surface area contributed by atoms with Crippen molar-refractivity contribution >= 4 is 5.97 Å². The molecule has 0 amide bonds. The Morgan fingerprint density at radius 1 is 1.18 bits per heavy atom. The first-order valence-corrected chi connectivity index (χ1v) is 4.12. The molecule has 0 aromatic heterocycles. The average molecular weight is 158 g/mol. The van der Waals surface area contributed by atoms with Crippen LogP contribution < -0.4 is 0 Å². The lowest BCUT2D eigenvalue weighted by Crippen LogP contribution is -2.26. The number of aliphatic carboxylic acids is 1. The Morgan fingerprint density at radius 2 is 1.82 bits per heavy atom. The van der Waals surface area contributed by atoms with E-state index in [4.69, 9.17) is 5.11 Å². The van der Waals surface area contributed by atoms with E-state index in [2.05, 4.69) is 0 Å². The van der Waals surface area contributed by atoms with Crippen LogP contribution >= 0.6 is 0 Å². The van der Waals surface area contributed by atoms with Crippen molar-refractivity contribution in [1.82, 2.24) is 0 Å². The van der Waals surface area contributed by atoms with Crippen LogP contribution in [0.15, 0.2) is 0 Å². The summed E-state index contributed by atoms with van der Waals surface area (Å²) in [5, 5.41) is 18.0. The van der Waals surface area contributed by atoms with E-state index < -0.39 is 18.0 Å². The molecule has 0 aromatic carbocycles. The van der Waals surface area contributed by atoms with Crippen molar-refractivity contribution in [2.24, 2.45) is 5.92 Å². The molecule has 0 bridgehead atoms. The molecule has 0 aliphatic heterocycles. The molecular formula is C8H14O3. The first-order chi connectivity index (χ1) is 5.22. The summed E-state index contributed by atoms with van der Waals surface area (Å²) in [5.41, 5.74) is 0. The lowest BCUT2D eigenvalue weighted by Gasteiger charge is -2.14. The summed E-state index contributed by atoms with van der Waals surface area (Å²) in [7, 11) is 0. The van der Waals surface area contributed by atoms with Crippen LogP contribution in [0.2, 0.25) is 0 Å². The minimum Gasteiger partial charge on any atom is -0.481 e. The van der Waals surface area contributed by atoms with E-state index in [1.54, 1.807) is 0 Å². The molecular weight excluding hydrogens is 144 g/mol. The first kappa shape index (κ1) is 8.53. The molecule has 1 fully saturated rings. The van der Waals surface area contributed by atoms with Gasteiger partial charge in [-0.3, -0.25) is 4.79 Å². The SMILES string of the molecule is O=C(O)C1CCCCCC1O. The molecule has 0 aromatic rings. The third kappa shape index (κ3) is 2.19. The topological polar surface area (TPSA) is 57.5 Å². The van der Waals surface area contributed by atoms with Crippen LogP contribution in [-0.2, 0) is 4.79 Å². The predicted octanol–water partition coefficient (Wildman–Crippen LogP) is 1.01. The van der Waals surface area contributed by atoms with E-state index >= 15 is 0 Å². The molecule has 64 valence electrons. The molecule has 1 aliphatic rings. The fourth-order valence-electron chi connectivity index (χ4n) is 1.58. The molecule has 0 radical (unpaired) electrons. The standard InChI is InChI=1S/C8H14O3/c9-7-5-3-1-2-4-6(7)8(10)11/h6-7,9H,1-5H2,(H,10,11). The van der Waals surface area contributed by atoms with Gasteiger partial charge in [0.1, 0.15) is 0 Å². The van der Waals surface area contributed by atoms with Gasteiger partial charge < -0.3 is 10.2 Å². The van der Waals surface area contributed by atoms with Gasteiger partial charge in [0.2, 0.25) is 0 Å². The number of carboxylic acids is 1. The van der Waals surface area contributed by atoms with Crippen molar-refractivity contribution in [3.63, 3.8) is 0 Å². The number of carbonyl (C=O) groups is 1. The Morgan fingerprint density at radius 3 is 2.45 bits per heavy atom. The molecule has 2 unspecified atom stereocenters. The van der Waals surface area contributed by atoms with Gasteiger partial charge in [-0.15, -0.1) is 0 Å². The van der Waals surface area contributed by atoms with Crippen LogP contribution in [-0.4, -0.2) is 22.3 Å². The van der Waals surface area contributed by atoms with Crippen molar-refractivity contribution < 1.29 is 15.0 Å². The van der Waals surface area contributed by atoms with E-state index in [0.29, 0.717) is 12.8 Å². The van der Waals surface area contributed by atoms with Crippen molar-refractivity contribution in [1.29, 1.82) is 0 Å². The molecule has 0 spiro atoms. The van der Waals surface area contributed by atoms with Crippen molar-refractivity contribution in [3.8, 4) is 0 Å². The molecule has 3 nitrogen and oxygen atoms in total. The van der Waals surface area contributed by atoms with Crippen LogP contribution in [0.5, 0.6) is 0 Å². The fraction of sp³-hybridized carbons (Fsp3) is 0.875. The number of carboxylic acid groups (broad SMARTS) is 1. The van der Waals surface area contributed by atoms with Gasteiger partial charge in [-0.05, 0) is 12.8 Å². The maximum Gasteiger partial charge on any atom is 0.309 e. The number of rotatable bonds is 1. The molecule has 1 saturated carbocycles. The fourth-order valence-corrected chi connectivity index (χ4v) is 1.58. The summed E-state index contributed by atoms with van der Waals surface area (Å²) in [4.78, 5) is 10.6. The lowest BCUT2D eigenvalue weighted by molar-refractivity contribution is -0.145. The summed E-state index contributed by atoms with van der Waals surface area (Å²) in [6.07, 6.45) is 3.63. The average Bonchev–Trinajstić information content (AvgIpc) is 2.13. The number of hydrogen-bond donors (Lipinski definition) is 2. The highest BCUT2D eigenvalue weighted by Crippen LogP contribution is 2.23. The second kappa shape index (κ2) is 3.72. The highest BCUT2D eigenvalue weighted by atomic mass is 16.4. The maximum atomic E-state index is 10.6. The Kier molecular flexibility index (Phi) is 2.88. The third-order valence-electron chi connectivity index (χ3n) is 2.30. The van der Waals surface area contributed by atoms with Crippen LogP contribution in [0.3, 0.4) is 0 Å². The van der Waals surface area contributed by atoms with Gasteiger partial charge in [-0.25, -0.2) is 0 Å². The zero-order valence-corrected chi connectivity index (χ0v) is 6.49. The number of aliphatic hydroxyl groups excluding tert-OH is 1. The molecule has 1 rings (SSSR count). The Hall–Kier alpha value is -0.570. The molecule has 2 atom stereocenters. The third-order valence-corrected chi connectivity index (χ3v) is 2.30. The highest BCUT2D eigenvalue weighted by molar-refractivity contribution is 5.70. The molecule has 3 heteroatoms. The van der Waals surface area contributed by atoms with Crippen molar-refractivity contribution in [2.45, 2.75) is 38.2 Å². The van der Waals surface area contributed by atoms with Gasteiger partial charge in [0.05, 0.1) is 12.0 Å². The van der Waals surface area contributed by atoms with Gasteiger partial charge in [-0.2, -0.15) is 0 Å². The van der Waals surface area contributed by atoms with E-state index in [9.17, 15) is 9.90 Å². The summed E-state index contributed by atoms with van der Waals surface area (Å²) in [6, 6.07) is 0. The Bertz CT molecular complexity index is 144. The highest BCUT2D eigenvalue weighted by Gasteiger charge is 2.27. The summed E-state index contributed by atoms with van der Waals surface area (Å²) in [6.45, 7) is 0. The van der Waals surface area contributed by atoms with E-state index in [0.717, 1.165) is 19.3 Å². The van der Waals surface area contributed by atoms with E-state index in [1.807, 2.05) is 0 Å².